The number of hydrogen-bond acceptors (Lipinski definition) is 5. The fraction of sp³-hybridized carbons (Fsp3) is 0.333. The number of fused-ring (bicyclic) bond motifs is 1. The maximum atomic E-state index is 12.4. The number of benzene rings is 1. The van der Waals surface area contributed by atoms with E-state index in [1.807, 2.05) is 6.07 Å². The van der Waals surface area contributed by atoms with Gasteiger partial charge in [0.25, 0.3) is 11.1 Å². The fourth-order valence-corrected chi connectivity index (χ4v) is 2.60. The van der Waals surface area contributed by atoms with E-state index in [0.29, 0.717) is 30.4 Å². The van der Waals surface area contributed by atoms with Crippen molar-refractivity contribution in [3.8, 4) is 0 Å². The van der Waals surface area contributed by atoms with E-state index in [4.69, 9.17) is 0 Å². The third-order valence-corrected chi connectivity index (χ3v) is 3.95. The highest BCUT2D eigenvalue weighted by atomic mass is 16.2. The lowest BCUT2D eigenvalue weighted by Crippen LogP contribution is -2.33. The van der Waals surface area contributed by atoms with Gasteiger partial charge in [-0.15, -0.1) is 0 Å². The highest BCUT2D eigenvalue weighted by molar-refractivity contribution is 5.80. The topological polar surface area (TPSA) is 92.7 Å². The Morgan fingerprint density at radius 1 is 1.16 bits per heavy atom. The van der Waals surface area contributed by atoms with Crippen molar-refractivity contribution in [2.45, 2.75) is 32.9 Å². The zero-order valence-electron chi connectivity index (χ0n) is 14.3. The van der Waals surface area contributed by atoms with Gasteiger partial charge in [0.2, 0.25) is 0 Å². The SMILES string of the molecule is CC(C)c1nccc(CNCCn2[nH]c(=O)c3ccccc3c2=O)n1. The Balaban J connectivity index is 1.66. The van der Waals surface area contributed by atoms with Crippen LogP contribution >= 0.6 is 0 Å². The molecular formula is C18H21N5O2. The highest BCUT2D eigenvalue weighted by Gasteiger charge is 2.07. The summed E-state index contributed by atoms with van der Waals surface area (Å²) in [6.07, 6.45) is 1.75. The minimum Gasteiger partial charge on any atom is -0.309 e. The molecule has 0 aliphatic carbocycles. The summed E-state index contributed by atoms with van der Waals surface area (Å²) >= 11 is 0. The second-order valence-corrected chi connectivity index (χ2v) is 6.18. The molecule has 3 aromatic rings. The normalized spacial score (nSPS) is 11.3. The summed E-state index contributed by atoms with van der Waals surface area (Å²) in [5, 5.41) is 6.71. The van der Waals surface area contributed by atoms with E-state index in [1.165, 1.54) is 4.68 Å². The maximum absolute atomic E-state index is 12.4. The molecule has 2 heterocycles. The molecule has 0 saturated heterocycles. The van der Waals surface area contributed by atoms with Gasteiger partial charge < -0.3 is 5.32 Å². The van der Waals surface area contributed by atoms with Crippen LogP contribution in [0.2, 0.25) is 0 Å². The van der Waals surface area contributed by atoms with E-state index in [1.54, 1.807) is 30.5 Å². The van der Waals surface area contributed by atoms with Crippen molar-refractivity contribution in [2.75, 3.05) is 6.54 Å². The standard InChI is InChI=1S/C18H21N5O2/c1-12(2)16-20-8-7-13(21-16)11-19-9-10-23-18(25)15-6-4-3-5-14(15)17(24)22-23/h3-8,12,19H,9-11H2,1-2H3,(H,22,24). The number of nitrogens with one attached hydrogen (secondary N) is 2. The lowest BCUT2D eigenvalue weighted by atomic mass is 10.2. The maximum Gasteiger partial charge on any atom is 0.273 e. The number of aromatic nitrogens is 4. The molecule has 0 fully saturated rings. The first kappa shape index (κ1) is 17.0. The van der Waals surface area contributed by atoms with Crippen molar-refractivity contribution in [1.82, 2.24) is 25.1 Å². The van der Waals surface area contributed by atoms with Crippen molar-refractivity contribution in [1.29, 1.82) is 0 Å². The molecule has 0 aliphatic rings. The van der Waals surface area contributed by atoms with Gasteiger partial charge in [-0.3, -0.25) is 14.7 Å². The number of hydrogen-bond donors (Lipinski definition) is 2. The van der Waals surface area contributed by atoms with E-state index in [9.17, 15) is 9.59 Å². The molecule has 0 saturated carbocycles. The van der Waals surface area contributed by atoms with E-state index in [0.717, 1.165) is 11.5 Å². The predicted molar refractivity (Wildman–Crippen MR) is 96.7 cm³/mol. The molecule has 0 atom stereocenters. The molecule has 25 heavy (non-hydrogen) atoms. The largest absolute Gasteiger partial charge is 0.309 e. The minimum absolute atomic E-state index is 0.193. The molecule has 7 heteroatoms. The zero-order valence-corrected chi connectivity index (χ0v) is 14.3. The molecular weight excluding hydrogens is 318 g/mol. The Morgan fingerprint density at radius 2 is 1.92 bits per heavy atom. The monoisotopic (exact) mass is 339 g/mol. The van der Waals surface area contributed by atoms with Gasteiger partial charge in [-0.25, -0.2) is 14.6 Å². The first-order chi connectivity index (χ1) is 12.1. The Kier molecular flexibility index (Phi) is 5.04. The molecule has 2 aromatic heterocycles. The summed E-state index contributed by atoms with van der Waals surface area (Å²) in [5.74, 6) is 1.09. The van der Waals surface area contributed by atoms with Gasteiger partial charge in [0.1, 0.15) is 5.82 Å². The smallest absolute Gasteiger partial charge is 0.273 e. The van der Waals surface area contributed by atoms with Gasteiger partial charge in [-0.05, 0) is 18.2 Å². The van der Waals surface area contributed by atoms with Crippen LogP contribution in [0.5, 0.6) is 0 Å². The highest BCUT2D eigenvalue weighted by Crippen LogP contribution is 2.08. The first-order valence-electron chi connectivity index (χ1n) is 8.30. The summed E-state index contributed by atoms with van der Waals surface area (Å²) in [6.45, 7) is 5.59. The second kappa shape index (κ2) is 7.40. The molecule has 130 valence electrons. The number of nitrogens with zero attached hydrogens (tertiary/aromatic N) is 3. The van der Waals surface area contributed by atoms with Crippen molar-refractivity contribution >= 4 is 10.8 Å². The lowest BCUT2D eigenvalue weighted by molar-refractivity contribution is 0.527. The van der Waals surface area contributed by atoms with Crippen LogP contribution in [0.3, 0.4) is 0 Å². The van der Waals surface area contributed by atoms with Gasteiger partial charge in [0.05, 0.1) is 23.0 Å². The van der Waals surface area contributed by atoms with E-state index >= 15 is 0 Å². The Bertz CT molecular complexity index is 990. The molecule has 2 N–H and O–H groups in total. The molecule has 0 spiro atoms. The van der Waals surface area contributed by atoms with Crippen molar-refractivity contribution < 1.29 is 0 Å². The molecule has 0 bridgehead atoms. The van der Waals surface area contributed by atoms with Crippen LogP contribution in [-0.2, 0) is 13.1 Å². The van der Waals surface area contributed by atoms with Gasteiger partial charge >= 0.3 is 0 Å². The van der Waals surface area contributed by atoms with E-state index < -0.39 is 0 Å². The molecule has 3 rings (SSSR count). The van der Waals surface area contributed by atoms with Crippen molar-refractivity contribution in [3.05, 3.63) is 68.8 Å². The Labute approximate surface area is 144 Å². The van der Waals surface area contributed by atoms with Crippen LogP contribution in [-0.4, -0.2) is 26.3 Å². The van der Waals surface area contributed by atoms with Crippen LogP contribution in [0.1, 0.15) is 31.3 Å². The Hall–Kier alpha value is -2.80. The lowest BCUT2D eigenvalue weighted by Gasteiger charge is -2.09. The second-order valence-electron chi connectivity index (χ2n) is 6.18. The predicted octanol–water partition coefficient (Wildman–Crippen LogP) is 1.39. The third-order valence-electron chi connectivity index (χ3n) is 3.95. The van der Waals surface area contributed by atoms with Gasteiger partial charge in [-0.2, -0.15) is 0 Å². The van der Waals surface area contributed by atoms with Crippen LogP contribution in [0.25, 0.3) is 10.8 Å². The number of rotatable bonds is 6. The van der Waals surface area contributed by atoms with Gasteiger partial charge in [0.15, 0.2) is 0 Å². The average molecular weight is 339 g/mol. The minimum atomic E-state index is -0.257. The summed E-state index contributed by atoms with van der Waals surface area (Å²) in [4.78, 5) is 33.2. The third kappa shape index (κ3) is 3.83. The summed E-state index contributed by atoms with van der Waals surface area (Å²) in [5.41, 5.74) is 0.451. The van der Waals surface area contributed by atoms with Crippen LogP contribution < -0.4 is 16.4 Å². The van der Waals surface area contributed by atoms with E-state index in [-0.39, 0.29) is 17.0 Å². The van der Waals surface area contributed by atoms with Crippen LogP contribution in [0.4, 0.5) is 0 Å². The van der Waals surface area contributed by atoms with E-state index in [2.05, 4.69) is 34.2 Å². The molecule has 7 nitrogen and oxygen atoms in total. The van der Waals surface area contributed by atoms with Crippen LogP contribution in [0, 0.1) is 0 Å². The zero-order chi connectivity index (χ0) is 17.8. The summed E-state index contributed by atoms with van der Waals surface area (Å²) in [6, 6.07) is 8.69. The number of H-pyrrole nitrogens is 1. The number of aromatic amines is 1. The fourth-order valence-electron chi connectivity index (χ4n) is 2.60. The molecule has 0 unspecified atom stereocenters. The van der Waals surface area contributed by atoms with Crippen LogP contribution in [0.15, 0.2) is 46.1 Å². The molecule has 1 aromatic carbocycles. The summed E-state index contributed by atoms with van der Waals surface area (Å²) in [7, 11) is 0. The van der Waals surface area contributed by atoms with Crippen molar-refractivity contribution in [2.24, 2.45) is 0 Å². The average Bonchev–Trinajstić information content (AvgIpc) is 2.63. The first-order valence-corrected chi connectivity index (χ1v) is 8.30. The molecule has 0 radical (unpaired) electrons. The van der Waals surface area contributed by atoms with Crippen molar-refractivity contribution in [3.63, 3.8) is 0 Å². The van der Waals surface area contributed by atoms with Gasteiger partial charge in [-0.1, -0.05) is 26.0 Å². The molecule has 0 amide bonds. The summed E-state index contributed by atoms with van der Waals surface area (Å²) < 4.78 is 1.34. The molecule has 0 aliphatic heterocycles. The Morgan fingerprint density at radius 3 is 2.68 bits per heavy atom. The van der Waals surface area contributed by atoms with Gasteiger partial charge in [0, 0.05) is 25.2 Å². The quantitative estimate of drug-likeness (QED) is 0.662.